The van der Waals surface area contributed by atoms with Crippen LogP contribution in [-0.2, 0) is 5.54 Å². The van der Waals surface area contributed by atoms with Gasteiger partial charge in [0.05, 0.1) is 0 Å². The van der Waals surface area contributed by atoms with E-state index >= 15 is 0 Å². The number of nitrogens with one attached hydrogen (secondary N) is 1. The number of hydrogen-bond donors (Lipinski definition) is 1. The van der Waals surface area contributed by atoms with Crippen molar-refractivity contribution in [3.8, 4) is 0 Å². The van der Waals surface area contributed by atoms with E-state index in [-0.39, 0.29) is 18.5 Å². The second kappa shape index (κ2) is 5.04. The zero-order valence-electron chi connectivity index (χ0n) is 9.74. The lowest BCUT2D eigenvalue weighted by Gasteiger charge is -2.36. The average Bonchev–Trinajstić information content (AvgIpc) is 2.24. The predicted molar refractivity (Wildman–Crippen MR) is 58.1 cm³/mol. The Balaban J connectivity index is 3.32. The lowest BCUT2D eigenvalue weighted by Crippen LogP contribution is -2.53. The number of hydrogen-bond acceptors (Lipinski definition) is 1. The van der Waals surface area contributed by atoms with Crippen LogP contribution >= 0.6 is 0 Å². The van der Waals surface area contributed by atoms with Gasteiger partial charge in [0.1, 0.15) is 11.4 Å². The van der Waals surface area contributed by atoms with E-state index in [1.807, 2.05) is 0 Å². The molecule has 0 saturated carbocycles. The standard InChI is InChI=1S/C12H15F4N/c1-3-11(17-4-2,12(14,15)16)9-6-5-7-10(13)8-9/h5-8,17H,3-4H2,1-2H3. The molecule has 1 unspecified atom stereocenters. The summed E-state index contributed by atoms with van der Waals surface area (Å²) in [6.45, 7) is 3.18. The van der Waals surface area contributed by atoms with Crippen LogP contribution in [0.4, 0.5) is 17.6 Å². The SMILES string of the molecule is CCNC(CC)(c1cccc(F)c1)C(F)(F)F. The number of rotatable bonds is 4. The number of halogens is 4. The maximum absolute atomic E-state index is 13.2. The van der Waals surface area contributed by atoms with E-state index in [2.05, 4.69) is 5.32 Å². The van der Waals surface area contributed by atoms with Gasteiger partial charge in [-0.15, -0.1) is 0 Å². The van der Waals surface area contributed by atoms with Crippen LogP contribution in [0.25, 0.3) is 0 Å². The third-order valence-electron chi connectivity index (χ3n) is 2.81. The molecule has 0 aromatic heterocycles. The summed E-state index contributed by atoms with van der Waals surface area (Å²) >= 11 is 0. The fourth-order valence-electron chi connectivity index (χ4n) is 1.95. The molecule has 0 saturated heterocycles. The van der Waals surface area contributed by atoms with Crippen LogP contribution in [0.15, 0.2) is 24.3 Å². The highest BCUT2D eigenvalue weighted by atomic mass is 19.4. The number of alkyl halides is 3. The highest BCUT2D eigenvalue weighted by molar-refractivity contribution is 5.27. The molecular formula is C12H15F4N. The van der Waals surface area contributed by atoms with Gasteiger partial charge < -0.3 is 5.32 Å². The molecule has 0 aliphatic heterocycles. The molecule has 1 nitrogen and oxygen atoms in total. The topological polar surface area (TPSA) is 12.0 Å². The smallest absolute Gasteiger partial charge is 0.300 e. The summed E-state index contributed by atoms with van der Waals surface area (Å²) in [6, 6.07) is 4.65. The van der Waals surface area contributed by atoms with Gasteiger partial charge in [0, 0.05) is 0 Å². The molecule has 1 atom stereocenters. The highest BCUT2D eigenvalue weighted by Gasteiger charge is 2.54. The van der Waals surface area contributed by atoms with E-state index in [0.717, 1.165) is 12.1 Å². The first-order valence-electron chi connectivity index (χ1n) is 5.45. The van der Waals surface area contributed by atoms with Gasteiger partial charge >= 0.3 is 6.18 Å². The lowest BCUT2D eigenvalue weighted by molar-refractivity contribution is -0.202. The molecule has 1 N–H and O–H groups in total. The predicted octanol–water partition coefficient (Wildman–Crippen LogP) is 3.60. The maximum Gasteiger partial charge on any atom is 0.410 e. The molecule has 0 spiro atoms. The second-order valence-corrected chi connectivity index (χ2v) is 3.80. The van der Waals surface area contributed by atoms with Crippen molar-refractivity contribution < 1.29 is 17.6 Å². The third kappa shape index (κ3) is 2.60. The molecule has 0 heterocycles. The highest BCUT2D eigenvalue weighted by Crippen LogP contribution is 2.41. The molecule has 0 amide bonds. The van der Waals surface area contributed by atoms with Crippen molar-refractivity contribution in [2.45, 2.75) is 32.0 Å². The first kappa shape index (κ1) is 14.0. The molecule has 0 fully saturated rings. The largest absolute Gasteiger partial charge is 0.410 e. The van der Waals surface area contributed by atoms with Crippen molar-refractivity contribution in [2.24, 2.45) is 0 Å². The quantitative estimate of drug-likeness (QED) is 0.804. The van der Waals surface area contributed by atoms with Crippen molar-refractivity contribution in [1.29, 1.82) is 0 Å². The van der Waals surface area contributed by atoms with Crippen molar-refractivity contribution >= 4 is 0 Å². The molecule has 5 heteroatoms. The van der Waals surface area contributed by atoms with E-state index in [1.54, 1.807) is 6.92 Å². The normalized spacial score (nSPS) is 15.6. The molecule has 1 aromatic rings. The Bertz CT molecular complexity index is 375. The summed E-state index contributed by atoms with van der Waals surface area (Å²) in [4.78, 5) is 0. The molecular weight excluding hydrogens is 234 g/mol. The molecule has 1 aromatic carbocycles. The van der Waals surface area contributed by atoms with Crippen LogP contribution in [0.1, 0.15) is 25.8 Å². The van der Waals surface area contributed by atoms with Crippen molar-refractivity contribution in [3.63, 3.8) is 0 Å². The van der Waals surface area contributed by atoms with Crippen LogP contribution in [0.3, 0.4) is 0 Å². The minimum atomic E-state index is -4.47. The van der Waals surface area contributed by atoms with Gasteiger partial charge in [0.25, 0.3) is 0 Å². The summed E-state index contributed by atoms with van der Waals surface area (Å²) in [5.41, 5.74) is -2.27. The van der Waals surface area contributed by atoms with Crippen molar-refractivity contribution in [2.75, 3.05) is 6.54 Å². The molecule has 0 bridgehead atoms. The lowest BCUT2D eigenvalue weighted by atomic mass is 9.86. The zero-order chi connectivity index (χ0) is 13.1. The number of benzene rings is 1. The Kier molecular flexibility index (Phi) is 4.14. The molecule has 0 aliphatic rings. The summed E-state index contributed by atoms with van der Waals surface area (Å²) in [6.07, 6.45) is -4.65. The molecule has 1 rings (SSSR count). The second-order valence-electron chi connectivity index (χ2n) is 3.80. The first-order valence-corrected chi connectivity index (χ1v) is 5.45. The van der Waals surface area contributed by atoms with Gasteiger partial charge in [-0.2, -0.15) is 13.2 Å². The van der Waals surface area contributed by atoms with E-state index in [1.165, 1.54) is 19.1 Å². The Morgan fingerprint density at radius 1 is 1.18 bits per heavy atom. The van der Waals surface area contributed by atoms with Crippen molar-refractivity contribution in [1.82, 2.24) is 5.32 Å². The Morgan fingerprint density at radius 2 is 1.82 bits per heavy atom. The fourth-order valence-corrected chi connectivity index (χ4v) is 1.95. The van der Waals surface area contributed by atoms with E-state index in [4.69, 9.17) is 0 Å². The minimum Gasteiger partial charge on any atom is -0.300 e. The fraction of sp³-hybridized carbons (Fsp3) is 0.500. The Morgan fingerprint density at radius 3 is 2.24 bits per heavy atom. The van der Waals surface area contributed by atoms with Gasteiger partial charge in [0.15, 0.2) is 0 Å². The monoisotopic (exact) mass is 249 g/mol. The van der Waals surface area contributed by atoms with E-state index in [9.17, 15) is 17.6 Å². The first-order chi connectivity index (χ1) is 7.87. The minimum absolute atomic E-state index is 0.0886. The third-order valence-corrected chi connectivity index (χ3v) is 2.81. The maximum atomic E-state index is 13.2. The average molecular weight is 249 g/mol. The van der Waals surface area contributed by atoms with Gasteiger partial charge in [-0.1, -0.05) is 26.0 Å². The summed E-state index contributed by atoms with van der Waals surface area (Å²) in [5.74, 6) is -0.664. The molecule has 0 aliphatic carbocycles. The van der Waals surface area contributed by atoms with Crippen LogP contribution < -0.4 is 5.32 Å². The van der Waals surface area contributed by atoms with Gasteiger partial charge in [-0.25, -0.2) is 4.39 Å². The molecule has 17 heavy (non-hydrogen) atoms. The summed E-state index contributed by atoms with van der Waals surface area (Å²) in [5, 5.41) is 2.44. The van der Waals surface area contributed by atoms with E-state index in [0.29, 0.717) is 0 Å². The van der Waals surface area contributed by atoms with Gasteiger partial charge in [-0.05, 0) is 30.7 Å². The van der Waals surface area contributed by atoms with Crippen LogP contribution in [0.5, 0.6) is 0 Å². The zero-order valence-corrected chi connectivity index (χ0v) is 9.74. The summed E-state index contributed by atoms with van der Waals surface area (Å²) < 4.78 is 52.7. The van der Waals surface area contributed by atoms with Crippen LogP contribution in [0, 0.1) is 5.82 Å². The van der Waals surface area contributed by atoms with Crippen LogP contribution in [-0.4, -0.2) is 12.7 Å². The van der Waals surface area contributed by atoms with Gasteiger partial charge in [-0.3, -0.25) is 0 Å². The Hall–Kier alpha value is -1.10. The van der Waals surface area contributed by atoms with Crippen molar-refractivity contribution in [3.05, 3.63) is 35.6 Å². The van der Waals surface area contributed by atoms with Gasteiger partial charge in [0.2, 0.25) is 0 Å². The van der Waals surface area contributed by atoms with Crippen LogP contribution in [0.2, 0.25) is 0 Å². The molecule has 96 valence electrons. The summed E-state index contributed by atoms with van der Waals surface area (Å²) in [7, 11) is 0. The Labute approximate surface area is 97.8 Å². The molecule has 0 radical (unpaired) electrons. The van der Waals surface area contributed by atoms with E-state index < -0.39 is 17.5 Å².